The standard InChI is InChI=1S/C27H31F2N3O5S/c1-4-25(33)27(2,38(3,35)36)7-8-32-17-30-24-15-20(23(29)14-21(24)26(32)34)19-6-5-18(13-22(19)28)16-31-9-11-37-12-10-31/h5-6,13-15,17H,4,7-12,16H2,1-3H3/t27-/m1/s1. The third kappa shape index (κ3) is 5.55. The maximum Gasteiger partial charge on any atom is 0.261 e. The van der Waals surface area contributed by atoms with E-state index in [1.165, 1.54) is 31.5 Å². The summed E-state index contributed by atoms with van der Waals surface area (Å²) in [7, 11) is -3.75. The van der Waals surface area contributed by atoms with E-state index >= 15 is 8.78 Å². The molecule has 0 bridgehead atoms. The maximum atomic E-state index is 15.2. The van der Waals surface area contributed by atoms with Gasteiger partial charge in [0.1, 0.15) is 16.4 Å². The van der Waals surface area contributed by atoms with Gasteiger partial charge in [-0.3, -0.25) is 19.1 Å². The minimum Gasteiger partial charge on any atom is -0.379 e. The van der Waals surface area contributed by atoms with Crippen molar-refractivity contribution in [3.05, 3.63) is 64.2 Å². The number of fused-ring (bicyclic) bond motifs is 1. The van der Waals surface area contributed by atoms with Crippen LogP contribution < -0.4 is 5.56 Å². The van der Waals surface area contributed by atoms with Crippen molar-refractivity contribution in [3.63, 3.8) is 0 Å². The van der Waals surface area contributed by atoms with Gasteiger partial charge in [-0.1, -0.05) is 19.1 Å². The average molecular weight is 548 g/mol. The Balaban J connectivity index is 1.62. The first-order valence-corrected chi connectivity index (χ1v) is 14.3. The summed E-state index contributed by atoms with van der Waals surface area (Å²) in [5.41, 5.74) is 0.397. The van der Waals surface area contributed by atoms with Crippen LogP contribution in [-0.2, 0) is 32.5 Å². The first-order valence-electron chi connectivity index (χ1n) is 12.4. The average Bonchev–Trinajstić information content (AvgIpc) is 2.88. The number of rotatable bonds is 9. The smallest absolute Gasteiger partial charge is 0.261 e. The molecule has 0 spiro atoms. The molecule has 0 aliphatic carbocycles. The summed E-state index contributed by atoms with van der Waals surface area (Å²) in [5.74, 6) is -1.81. The lowest BCUT2D eigenvalue weighted by Gasteiger charge is -2.26. The van der Waals surface area contributed by atoms with Gasteiger partial charge >= 0.3 is 0 Å². The molecule has 1 aromatic heterocycles. The number of ether oxygens (including phenoxy) is 1. The number of benzene rings is 2. The molecule has 1 aliphatic heterocycles. The van der Waals surface area contributed by atoms with Gasteiger partial charge in [0.25, 0.3) is 5.56 Å². The highest BCUT2D eigenvalue weighted by Gasteiger charge is 2.41. The molecule has 0 N–H and O–H groups in total. The van der Waals surface area contributed by atoms with Gasteiger partial charge in [-0.25, -0.2) is 22.2 Å². The minimum absolute atomic E-state index is 0.0178. The molecule has 1 saturated heterocycles. The highest BCUT2D eigenvalue weighted by molar-refractivity contribution is 7.92. The van der Waals surface area contributed by atoms with E-state index in [0.717, 1.165) is 35.5 Å². The van der Waals surface area contributed by atoms with Crippen molar-refractivity contribution in [1.82, 2.24) is 14.5 Å². The molecule has 8 nitrogen and oxygen atoms in total. The number of aromatic nitrogens is 2. The normalized spacial score (nSPS) is 16.4. The fourth-order valence-corrected chi connectivity index (χ4v) is 5.70. The number of nitrogens with zero attached hydrogens (tertiary/aromatic N) is 3. The number of ketones is 1. The number of hydrogen-bond donors (Lipinski definition) is 0. The molecule has 4 rings (SSSR count). The highest BCUT2D eigenvalue weighted by atomic mass is 32.2. The summed E-state index contributed by atoms with van der Waals surface area (Å²) >= 11 is 0. The molecule has 11 heteroatoms. The summed E-state index contributed by atoms with van der Waals surface area (Å²) in [4.78, 5) is 31.9. The Morgan fingerprint density at radius 1 is 1.11 bits per heavy atom. The minimum atomic E-state index is -3.75. The molecule has 0 unspecified atom stereocenters. The number of halogens is 2. The number of aryl methyl sites for hydroxylation is 1. The summed E-state index contributed by atoms with van der Waals surface area (Å²) < 4.78 is 59.7. The first kappa shape index (κ1) is 28.0. The second kappa shape index (κ2) is 11.0. The van der Waals surface area contributed by atoms with Gasteiger partial charge in [0.05, 0.1) is 30.4 Å². The third-order valence-corrected chi connectivity index (χ3v) is 9.37. The topological polar surface area (TPSA) is 98.6 Å². The Kier molecular flexibility index (Phi) is 8.10. The van der Waals surface area contributed by atoms with E-state index in [2.05, 4.69) is 9.88 Å². The van der Waals surface area contributed by atoms with Gasteiger partial charge in [-0.05, 0) is 37.1 Å². The van der Waals surface area contributed by atoms with E-state index < -0.39 is 37.6 Å². The Labute approximate surface area is 220 Å². The molecular formula is C27H31F2N3O5S. The van der Waals surface area contributed by atoms with Gasteiger partial charge in [0.2, 0.25) is 0 Å². The van der Waals surface area contributed by atoms with E-state index in [1.807, 2.05) is 0 Å². The van der Waals surface area contributed by atoms with Crippen molar-refractivity contribution in [2.75, 3.05) is 32.6 Å². The number of sulfone groups is 1. The van der Waals surface area contributed by atoms with Gasteiger partial charge < -0.3 is 4.74 Å². The summed E-state index contributed by atoms with van der Waals surface area (Å²) in [5, 5.41) is -0.0269. The van der Waals surface area contributed by atoms with Gasteiger partial charge in [-0.2, -0.15) is 0 Å². The number of carbonyl (C=O) groups excluding carboxylic acids is 1. The zero-order chi connectivity index (χ0) is 27.7. The molecule has 0 saturated carbocycles. The van der Waals surface area contributed by atoms with Crippen LogP contribution in [0.15, 0.2) is 41.5 Å². The molecule has 2 heterocycles. The summed E-state index contributed by atoms with van der Waals surface area (Å²) in [6, 6.07) is 7.01. The molecule has 1 fully saturated rings. The Morgan fingerprint density at radius 3 is 2.42 bits per heavy atom. The largest absolute Gasteiger partial charge is 0.379 e. The molecule has 3 aromatic rings. The fraction of sp³-hybridized carbons (Fsp3) is 0.444. The lowest BCUT2D eigenvalue weighted by Crippen LogP contribution is -2.44. The first-order chi connectivity index (χ1) is 17.9. The molecular weight excluding hydrogens is 516 g/mol. The monoisotopic (exact) mass is 547 g/mol. The van der Waals surface area contributed by atoms with Crippen LogP contribution in [0.1, 0.15) is 32.3 Å². The van der Waals surface area contributed by atoms with Gasteiger partial charge in [0, 0.05) is 50.0 Å². The second-order valence-corrected chi connectivity index (χ2v) is 12.3. The van der Waals surface area contributed by atoms with Crippen LogP contribution in [-0.4, -0.2) is 66.0 Å². The van der Waals surface area contributed by atoms with E-state index in [-0.39, 0.29) is 41.4 Å². The maximum absolute atomic E-state index is 15.2. The van der Waals surface area contributed by atoms with Crippen molar-refractivity contribution in [2.24, 2.45) is 0 Å². The molecule has 0 amide bonds. The molecule has 38 heavy (non-hydrogen) atoms. The number of Topliss-reactive ketones (excluding diaryl/α,β-unsaturated/α-hetero) is 1. The van der Waals surface area contributed by atoms with E-state index in [9.17, 15) is 18.0 Å². The third-order valence-electron chi connectivity index (χ3n) is 7.31. The van der Waals surface area contributed by atoms with Crippen LogP contribution >= 0.6 is 0 Å². The molecule has 0 radical (unpaired) electrons. The van der Waals surface area contributed by atoms with E-state index in [0.29, 0.717) is 19.8 Å². The van der Waals surface area contributed by atoms with Crippen molar-refractivity contribution in [3.8, 4) is 11.1 Å². The summed E-state index contributed by atoms with van der Waals surface area (Å²) in [6.45, 7) is 6.17. The fourth-order valence-electron chi connectivity index (χ4n) is 4.68. The predicted octanol–water partition coefficient (Wildman–Crippen LogP) is 3.35. The van der Waals surface area contributed by atoms with Gasteiger partial charge in [-0.15, -0.1) is 0 Å². The van der Waals surface area contributed by atoms with E-state index in [1.54, 1.807) is 13.0 Å². The molecule has 204 valence electrons. The van der Waals surface area contributed by atoms with Crippen LogP contribution in [0, 0.1) is 11.6 Å². The van der Waals surface area contributed by atoms with Crippen molar-refractivity contribution in [1.29, 1.82) is 0 Å². The predicted molar refractivity (Wildman–Crippen MR) is 141 cm³/mol. The lowest BCUT2D eigenvalue weighted by molar-refractivity contribution is -0.121. The molecule has 1 atom stereocenters. The Bertz CT molecular complexity index is 1530. The highest BCUT2D eigenvalue weighted by Crippen LogP contribution is 2.29. The van der Waals surface area contributed by atoms with Crippen molar-refractivity contribution in [2.45, 2.75) is 44.5 Å². The summed E-state index contributed by atoms with van der Waals surface area (Å²) in [6.07, 6.45) is 2.13. The second-order valence-electron chi connectivity index (χ2n) is 9.82. The van der Waals surface area contributed by atoms with Crippen molar-refractivity contribution >= 4 is 26.5 Å². The van der Waals surface area contributed by atoms with Crippen LogP contribution in [0.2, 0.25) is 0 Å². The van der Waals surface area contributed by atoms with E-state index in [4.69, 9.17) is 4.74 Å². The quantitative estimate of drug-likeness (QED) is 0.405. The van der Waals surface area contributed by atoms with Gasteiger partial charge in [0.15, 0.2) is 15.6 Å². The SMILES string of the molecule is CCC(=O)[C@@](C)(CCn1cnc2cc(-c3ccc(CN4CCOCC4)cc3F)c(F)cc2c1=O)S(C)(=O)=O. The van der Waals surface area contributed by atoms with Crippen LogP contribution in [0.3, 0.4) is 0 Å². The number of hydrogen-bond acceptors (Lipinski definition) is 7. The molecule has 1 aliphatic rings. The van der Waals surface area contributed by atoms with Crippen molar-refractivity contribution < 1.29 is 26.7 Å². The van der Waals surface area contributed by atoms with Crippen LogP contribution in [0.5, 0.6) is 0 Å². The van der Waals surface area contributed by atoms with Crippen LogP contribution in [0.4, 0.5) is 8.78 Å². The molecule has 2 aromatic carbocycles. The Hall–Kier alpha value is -3.02. The lowest BCUT2D eigenvalue weighted by atomic mass is 9.99. The zero-order valence-electron chi connectivity index (χ0n) is 21.7. The number of carbonyl (C=O) groups is 1. The van der Waals surface area contributed by atoms with Crippen LogP contribution in [0.25, 0.3) is 22.0 Å². The number of morpholine rings is 1. The zero-order valence-corrected chi connectivity index (χ0v) is 22.5. The Morgan fingerprint density at radius 2 is 1.79 bits per heavy atom.